The molecule has 0 aromatic heterocycles. The van der Waals surface area contributed by atoms with Crippen molar-refractivity contribution in [3.05, 3.63) is 92.6 Å². The molecule has 0 saturated heterocycles. The van der Waals surface area contributed by atoms with Gasteiger partial charge in [-0.15, -0.1) is 0 Å². The number of esters is 1. The Bertz CT molecular complexity index is 1750. The van der Waals surface area contributed by atoms with Crippen LogP contribution in [0.1, 0.15) is 42.1 Å². The summed E-state index contributed by atoms with van der Waals surface area (Å²) in [5, 5.41) is 18.3. The Morgan fingerprint density at radius 2 is 1.79 bits per heavy atom. The van der Waals surface area contributed by atoms with Crippen LogP contribution in [0.3, 0.4) is 0 Å². The number of halogens is 1. The number of hydrogen-bond acceptors (Lipinski definition) is 10. The lowest BCUT2D eigenvalue weighted by molar-refractivity contribution is -0.139. The van der Waals surface area contributed by atoms with Crippen molar-refractivity contribution >= 4 is 40.1 Å². The van der Waals surface area contributed by atoms with Crippen molar-refractivity contribution in [3.8, 4) is 29.1 Å². The Labute approximate surface area is 279 Å². The molecule has 0 aliphatic carbocycles. The average molecular weight is 707 g/mol. The number of urea groups is 1. The Balaban J connectivity index is 1.37. The van der Waals surface area contributed by atoms with Crippen LogP contribution >= 0.6 is 15.9 Å². The standard InChI is InChI=1S/C33H32BrN5O8/c1-5-45-32(41)29-19(2)37-33(42)38-30(29)23-10-11-25(26(14-23)43-3)46-18-28(40)39-36-16-22-12-24(34)31(27(13-22)44-4)47-17-21-8-6-20(15-35)7-9-21/h6-14,16,30H,5,17-18H2,1-4H3,(H,39,40)(H2,37,38,42)/b36-16+/t30-/m1/s1. The Hall–Kier alpha value is -5.55. The van der Waals surface area contributed by atoms with Gasteiger partial charge in [-0.3, -0.25) is 4.79 Å². The number of ether oxygens (including phenoxy) is 5. The number of carbonyl (C=O) groups excluding carboxylic acids is 3. The molecule has 3 N–H and O–H groups in total. The molecule has 244 valence electrons. The van der Waals surface area contributed by atoms with Gasteiger partial charge in [0.2, 0.25) is 0 Å². The monoisotopic (exact) mass is 705 g/mol. The molecule has 1 heterocycles. The van der Waals surface area contributed by atoms with Crippen molar-refractivity contribution in [2.45, 2.75) is 26.5 Å². The van der Waals surface area contributed by atoms with Gasteiger partial charge in [0.15, 0.2) is 29.6 Å². The van der Waals surface area contributed by atoms with Crippen molar-refractivity contribution in [1.29, 1.82) is 5.26 Å². The molecule has 0 fully saturated rings. The fourth-order valence-electron chi connectivity index (χ4n) is 4.55. The molecule has 0 bridgehead atoms. The van der Waals surface area contributed by atoms with E-state index in [0.717, 1.165) is 5.56 Å². The number of nitrogens with one attached hydrogen (secondary N) is 3. The molecule has 13 nitrogen and oxygen atoms in total. The van der Waals surface area contributed by atoms with Gasteiger partial charge in [-0.25, -0.2) is 15.0 Å². The van der Waals surface area contributed by atoms with Gasteiger partial charge >= 0.3 is 12.0 Å². The second-order valence-electron chi connectivity index (χ2n) is 9.91. The van der Waals surface area contributed by atoms with Crippen LogP contribution in [-0.2, 0) is 20.9 Å². The zero-order valence-electron chi connectivity index (χ0n) is 26.0. The van der Waals surface area contributed by atoms with Crippen LogP contribution in [0.2, 0.25) is 0 Å². The van der Waals surface area contributed by atoms with E-state index in [1.54, 1.807) is 56.3 Å². The summed E-state index contributed by atoms with van der Waals surface area (Å²) in [6, 6.07) is 16.2. The lowest BCUT2D eigenvalue weighted by Crippen LogP contribution is -2.45. The minimum Gasteiger partial charge on any atom is -0.493 e. The highest BCUT2D eigenvalue weighted by Gasteiger charge is 2.32. The summed E-state index contributed by atoms with van der Waals surface area (Å²) in [6.45, 7) is 3.37. The highest BCUT2D eigenvalue weighted by atomic mass is 79.9. The van der Waals surface area contributed by atoms with E-state index in [9.17, 15) is 14.4 Å². The van der Waals surface area contributed by atoms with E-state index in [-0.39, 0.29) is 36.9 Å². The molecule has 0 radical (unpaired) electrons. The molecule has 14 heteroatoms. The topological polar surface area (TPSA) is 170 Å². The van der Waals surface area contributed by atoms with Gasteiger partial charge in [-0.1, -0.05) is 18.2 Å². The van der Waals surface area contributed by atoms with Crippen molar-refractivity contribution in [2.75, 3.05) is 27.4 Å². The molecule has 3 aromatic carbocycles. The van der Waals surface area contributed by atoms with Crippen LogP contribution in [-0.4, -0.2) is 51.6 Å². The summed E-state index contributed by atoms with van der Waals surface area (Å²) in [5.41, 5.74) is 5.66. The molecule has 1 aliphatic heterocycles. The van der Waals surface area contributed by atoms with E-state index in [1.807, 2.05) is 12.1 Å². The number of methoxy groups -OCH3 is 2. The van der Waals surface area contributed by atoms with E-state index in [1.165, 1.54) is 20.4 Å². The summed E-state index contributed by atoms with van der Waals surface area (Å²) in [5.74, 6) is 0.384. The minimum atomic E-state index is -0.787. The molecule has 4 rings (SSSR count). The lowest BCUT2D eigenvalue weighted by Gasteiger charge is -2.28. The van der Waals surface area contributed by atoms with Crippen LogP contribution in [0.4, 0.5) is 4.79 Å². The maximum atomic E-state index is 12.6. The van der Waals surface area contributed by atoms with Crippen molar-refractivity contribution in [1.82, 2.24) is 16.1 Å². The molecule has 3 amide bonds. The van der Waals surface area contributed by atoms with Gasteiger partial charge < -0.3 is 34.3 Å². The Morgan fingerprint density at radius 3 is 2.47 bits per heavy atom. The first-order valence-corrected chi connectivity index (χ1v) is 15.0. The van der Waals surface area contributed by atoms with Crippen LogP contribution in [0.25, 0.3) is 0 Å². The zero-order chi connectivity index (χ0) is 33.9. The number of nitrogens with zero attached hydrogens (tertiary/aromatic N) is 2. The van der Waals surface area contributed by atoms with E-state index >= 15 is 0 Å². The minimum absolute atomic E-state index is 0.174. The number of hydrazone groups is 1. The molecule has 1 atom stereocenters. The summed E-state index contributed by atoms with van der Waals surface area (Å²) in [6.07, 6.45) is 1.44. The first-order valence-electron chi connectivity index (χ1n) is 14.2. The van der Waals surface area contributed by atoms with Crippen LogP contribution < -0.4 is 35.0 Å². The number of benzene rings is 3. The van der Waals surface area contributed by atoms with E-state index in [2.05, 4.69) is 43.2 Å². The maximum Gasteiger partial charge on any atom is 0.338 e. The number of hydrogen-bond donors (Lipinski definition) is 3. The average Bonchev–Trinajstić information content (AvgIpc) is 3.06. The number of allylic oxidation sites excluding steroid dienone is 1. The molecule has 0 saturated carbocycles. The predicted octanol–water partition coefficient (Wildman–Crippen LogP) is 4.64. The predicted molar refractivity (Wildman–Crippen MR) is 174 cm³/mol. The smallest absolute Gasteiger partial charge is 0.338 e. The molecular weight excluding hydrogens is 674 g/mol. The largest absolute Gasteiger partial charge is 0.493 e. The SMILES string of the molecule is CCOC(=O)C1=C(C)NC(=O)N[C@@H]1c1ccc(OCC(=O)N/N=C/c2cc(Br)c(OCc3ccc(C#N)cc3)c(OC)c2)c(OC)c1. The summed E-state index contributed by atoms with van der Waals surface area (Å²) >= 11 is 3.50. The third-order valence-electron chi connectivity index (χ3n) is 6.77. The molecule has 1 aliphatic rings. The third-order valence-corrected chi connectivity index (χ3v) is 7.35. The first-order chi connectivity index (χ1) is 22.7. The first kappa shape index (κ1) is 34.3. The van der Waals surface area contributed by atoms with Gasteiger partial charge in [0.25, 0.3) is 5.91 Å². The second kappa shape index (κ2) is 16.1. The fraction of sp³-hybridized carbons (Fsp3) is 0.242. The maximum absolute atomic E-state index is 12.6. The van der Waals surface area contributed by atoms with Gasteiger partial charge in [-0.05, 0) is 82.9 Å². The highest BCUT2D eigenvalue weighted by Crippen LogP contribution is 2.37. The highest BCUT2D eigenvalue weighted by molar-refractivity contribution is 9.10. The van der Waals surface area contributed by atoms with Gasteiger partial charge in [0.1, 0.15) is 6.61 Å². The Kier molecular flexibility index (Phi) is 11.8. The number of carbonyl (C=O) groups is 3. The summed E-state index contributed by atoms with van der Waals surface area (Å²) < 4.78 is 28.3. The van der Waals surface area contributed by atoms with Crippen LogP contribution in [0.5, 0.6) is 23.0 Å². The molecular formula is C33H32BrN5O8. The third kappa shape index (κ3) is 8.80. The normalized spacial score (nSPS) is 14.0. The van der Waals surface area contributed by atoms with E-state index < -0.39 is 23.9 Å². The van der Waals surface area contributed by atoms with Gasteiger partial charge in [-0.2, -0.15) is 10.4 Å². The van der Waals surface area contributed by atoms with Gasteiger partial charge in [0, 0.05) is 5.70 Å². The van der Waals surface area contributed by atoms with E-state index in [0.29, 0.717) is 38.4 Å². The molecule has 0 spiro atoms. The van der Waals surface area contributed by atoms with Crippen LogP contribution in [0.15, 0.2) is 75.4 Å². The fourth-order valence-corrected chi connectivity index (χ4v) is 5.12. The Morgan fingerprint density at radius 1 is 1.04 bits per heavy atom. The lowest BCUT2D eigenvalue weighted by atomic mass is 9.95. The second-order valence-corrected chi connectivity index (χ2v) is 10.8. The number of nitriles is 1. The quantitative estimate of drug-likeness (QED) is 0.130. The summed E-state index contributed by atoms with van der Waals surface area (Å²) in [7, 11) is 2.94. The van der Waals surface area contributed by atoms with Crippen molar-refractivity contribution < 1.29 is 38.1 Å². The summed E-state index contributed by atoms with van der Waals surface area (Å²) in [4.78, 5) is 37.3. The van der Waals surface area contributed by atoms with Crippen molar-refractivity contribution in [3.63, 3.8) is 0 Å². The van der Waals surface area contributed by atoms with E-state index in [4.69, 9.17) is 28.9 Å². The number of amides is 3. The zero-order valence-corrected chi connectivity index (χ0v) is 27.6. The van der Waals surface area contributed by atoms with Crippen molar-refractivity contribution in [2.24, 2.45) is 5.10 Å². The number of rotatable bonds is 13. The van der Waals surface area contributed by atoms with Crippen LogP contribution in [0, 0.1) is 11.3 Å². The van der Waals surface area contributed by atoms with Gasteiger partial charge in [0.05, 0.1) is 54.8 Å². The molecule has 3 aromatic rings. The molecule has 47 heavy (non-hydrogen) atoms. The molecule has 0 unspecified atom stereocenters.